The van der Waals surface area contributed by atoms with E-state index in [0.717, 1.165) is 90.9 Å². The first-order chi connectivity index (χ1) is 36.2. The lowest BCUT2D eigenvalue weighted by Gasteiger charge is -2.51. The van der Waals surface area contributed by atoms with E-state index in [1.54, 1.807) is 30.3 Å². The van der Waals surface area contributed by atoms with E-state index >= 15 is 0 Å². The van der Waals surface area contributed by atoms with Gasteiger partial charge in [-0.15, -0.1) is 0 Å². The smallest absolute Gasteiger partial charge is 0.204 e. The normalized spacial score (nSPS) is 18.4. The van der Waals surface area contributed by atoms with Gasteiger partial charge in [0, 0.05) is 72.4 Å². The predicted octanol–water partition coefficient (Wildman–Crippen LogP) is 10.1. The Balaban J connectivity index is 1.13. The molecule has 0 radical (unpaired) electrons. The molecule has 1 saturated carbocycles. The van der Waals surface area contributed by atoms with E-state index in [-0.39, 0.29) is 83.7 Å². The highest BCUT2D eigenvalue weighted by Gasteiger charge is 2.46. The van der Waals surface area contributed by atoms with Crippen LogP contribution in [0.3, 0.4) is 0 Å². The van der Waals surface area contributed by atoms with Crippen molar-refractivity contribution in [2.24, 2.45) is 5.92 Å². The monoisotopic (exact) mass is 1000 g/mol. The second kappa shape index (κ2) is 22.7. The van der Waals surface area contributed by atoms with Crippen LogP contribution >= 0.6 is 0 Å². The van der Waals surface area contributed by atoms with Crippen LogP contribution in [0.25, 0.3) is 39.5 Å². The molecule has 12 heteroatoms. The first-order valence-electron chi connectivity index (χ1n) is 26.5. The molecule has 5 heterocycles. The molecule has 2 fully saturated rings. The fraction of sp³-hybridized carbons (Fsp3) is 0.371. The van der Waals surface area contributed by atoms with Crippen LogP contribution in [0.4, 0.5) is 5.82 Å². The minimum Gasteiger partial charge on any atom is -0.508 e. The van der Waals surface area contributed by atoms with E-state index in [0.29, 0.717) is 36.1 Å². The molecule has 3 atom stereocenters. The van der Waals surface area contributed by atoms with Crippen molar-refractivity contribution in [3.05, 3.63) is 165 Å². The van der Waals surface area contributed by atoms with Gasteiger partial charge in [0.1, 0.15) is 28.3 Å². The molecule has 74 heavy (non-hydrogen) atoms. The lowest BCUT2D eigenvalue weighted by Crippen LogP contribution is -2.61. The number of methoxy groups -OCH3 is 1. The van der Waals surface area contributed by atoms with Gasteiger partial charge >= 0.3 is 0 Å². The molecule has 3 unspecified atom stereocenters. The van der Waals surface area contributed by atoms with Crippen molar-refractivity contribution in [2.75, 3.05) is 51.5 Å². The summed E-state index contributed by atoms with van der Waals surface area (Å²) in [4.78, 5) is 21.2. The molecule has 4 bridgehead atoms. The predicted molar refractivity (Wildman–Crippen MR) is 292 cm³/mol. The summed E-state index contributed by atoms with van der Waals surface area (Å²) in [6.45, 7) is 4.45. The number of aliphatic hydroxyl groups is 3. The zero-order chi connectivity index (χ0) is 51.2. The summed E-state index contributed by atoms with van der Waals surface area (Å²) in [5.41, 5.74) is 9.35. The van der Waals surface area contributed by atoms with E-state index in [1.807, 2.05) is 36.4 Å². The Morgan fingerprint density at radius 2 is 1.73 bits per heavy atom. The number of aliphatic hydroxyl groups excluding tert-OH is 3. The van der Waals surface area contributed by atoms with Crippen LogP contribution in [-0.4, -0.2) is 84.1 Å². The van der Waals surface area contributed by atoms with Gasteiger partial charge < -0.3 is 54.3 Å². The van der Waals surface area contributed by atoms with Crippen LogP contribution in [0.2, 0.25) is 0 Å². The first kappa shape index (κ1) is 50.7. The molecule has 1 saturated heterocycles. The van der Waals surface area contributed by atoms with Gasteiger partial charge in [0.2, 0.25) is 5.75 Å². The van der Waals surface area contributed by atoms with Gasteiger partial charge in [-0.05, 0) is 102 Å². The third-order valence-electron chi connectivity index (χ3n) is 15.7. The maximum atomic E-state index is 14.7. The lowest BCUT2D eigenvalue weighted by atomic mass is 9.63. The van der Waals surface area contributed by atoms with Gasteiger partial charge in [0.25, 0.3) is 0 Å². The number of aromatic amines is 1. The van der Waals surface area contributed by atoms with Gasteiger partial charge in [0.05, 0.1) is 39.1 Å². The molecule has 0 amide bonds. The van der Waals surface area contributed by atoms with Crippen molar-refractivity contribution in [1.82, 2.24) is 10.3 Å². The van der Waals surface area contributed by atoms with Crippen LogP contribution in [0.1, 0.15) is 84.5 Å². The Kier molecular flexibility index (Phi) is 15.6. The summed E-state index contributed by atoms with van der Waals surface area (Å²) in [5.74, 6) is 1.72. The number of phenols is 1. The molecule has 2 aromatic heterocycles. The molecule has 6 N–H and O–H groups in total. The Morgan fingerprint density at radius 3 is 2.50 bits per heavy atom. The SMILES string of the molecule is CCc1cc2c([nH]1)N1CCNCC1C1(CCCCC1)c1ccc(c(CO)c1)CC(CO)COc1c(OC)c(OCCC(O)C=Cc3ccccc3)c3c(=O)cc(-c4ccc(O)cc4)oc3c1CCc1cccc-2c1. The highest BCUT2D eigenvalue weighted by Crippen LogP contribution is 2.50. The maximum absolute atomic E-state index is 14.7. The third-order valence-corrected chi connectivity index (χ3v) is 15.7. The number of aromatic nitrogens is 1. The molecule has 386 valence electrons. The van der Waals surface area contributed by atoms with Gasteiger partial charge in [-0.3, -0.25) is 4.79 Å². The van der Waals surface area contributed by atoms with Crippen LogP contribution in [0.5, 0.6) is 23.0 Å². The zero-order valence-electron chi connectivity index (χ0n) is 42.6. The number of fused-ring (bicyclic) bond motifs is 7. The van der Waals surface area contributed by atoms with Gasteiger partial charge in [-0.25, -0.2) is 0 Å². The molecule has 5 aromatic carbocycles. The molecule has 1 spiro atoms. The second-order valence-electron chi connectivity index (χ2n) is 20.3. The van der Waals surface area contributed by atoms with E-state index < -0.39 is 12.0 Å². The number of H-pyrrole nitrogens is 1. The number of nitrogens with one attached hydrogen (secondary N) is 2. The molecule has 1 aliphatic carbocycles. The van der Waals surface area contributed by atoms with Crippen LogP contribution < -0.4 is 29.9 Å². The molecular formula is C62H69N3O9. The van der Waals surface area contributed by atoms with Crippen molar-refractivity contribution >= 4 is 22.9 Å². The fourth-order valence-electron chi connectivity index (χ4n) is 11.7. The number of aryl methyl sites for hydroxylation is 3. The second-order valence-corrected chi connectivity index (χ2v) is 20.3. The number of aromatic hydroxyl groups is 1. The summed E-state index contributed by atoms with van der Waals surface area (Å²) >= 11 is 0. The number of piperazine rings is 1. The Morgan fingerprint density at radius 1 is 0.905 bits per heavy atom. The Hall–Kier alpha value is -6.83. The third kappa shape index (κ3) is 10.5. The van der Waals surface area contributed by atoms with E-state index in [2.05, 4.69) is 70.7 Å². The van der Waals surface area contributed by atoms with Crippen molar-refractivity contribution in [1.29, 1.82) is 0 Å². The van der Waals surface area contributed by atoms with Gasteiger partial charge in [-0.1, -0.05) is 111 Å². The Labute approximate surface area is 433 Å². The average molecular weight is 1000 g/mol. The topological polar surface area (TPSA) is 170 Å². The minimum absolute atomic E-state index is 0.0204. The quantitative estimate of drug-likeness (QED) is 0.0729. The van der Waals surface area contributed by atoms with E-state index in [9.17, 15) is 25.2 Å². The number of hydrogen-bond acceptors (Lipinski definition) is 11. The number of benzene rings is 5. The van der Waals surface area contributed by atoms with Crippen molar-refractivity contribution in [3.63, 3.8) is 0 Å². The minimum atomic E-state index is -0.852. The highest BCUT2D eigenvalue weighted by atomic mass is 16.5. The average Bonchev–Trinajstić information content (AvgIpc) is 3.88. The fourth-order valence-corrected chi connectivity index (χ4v) is 11.7. The number of ether oxygens (including phenoxy) is 3. The molecule has 11 rings (SSSR count). The summed E-state index contributed by atoms with van der Waals surface area (Å²) in [7, 11) is 1.52. The van der Waals surface area contributed by atoms with E-state index in [1.165, 1.54) is 30.9 Å². The molecule has 12 nitrogen and oxygen atoms in total. The lowest BCUT2D eigenvalue weighted by molar-refractivity contribution is 0.156. The number of rotatable bonds is 11. The molecule has 7 aromatic rings. The number of anilines is 1. The standard InChI is InChI=1S/C62H69N3O9/c1-3-48-34-52-45-14-10-13-41(31-45)16-24-51-57-56(53(70)35-54(74-57)43-18-22-49(68)23-19-43)59(72-30-25-50(69)21-15-40-11-6-4-7-12-40)60(71-2)58(51)73-39-42(37-66)32-44-17-20-47(33-46(44)38-67)62(26-8-5-9-27-62)55-36-63-28-29-65(55)61(52)64-48/h4,6-7,10-15,17-23,31,33-35,42,50,55,63-64,66-69H,3,5,8-9,16,24-30,32,36-39H2,1-2H3. The number of nitrogens with zero attached hydrogens (tertiary/aromatic N) is 1. The zero-order valence-corrected chi connectivity index (χ0v) is 42.6. The summed E-state index contributed by atoms with van der Waals surface area (Å²) in [6.07, 6.45) is 10.7. The van der Waals surface area contributed by atoms with Crippen LogP contribution in [-0.2, 0) is 37.7 Å². The molecular weight excluding hydrogens is 931 g/mol. The van der Waals surface area contributed by atoms with Crippen molar-refractivity contribution < 1.29 is 39.1 Å². The largest absolute Gasteiger partial charge is 0.508 e. The van der Waals surface area contributed by atoms with Gasteiger partial charge in [0.15, 0.2) is 16.9 Å². The van der Waals surface area contributed by atoms with Crippen molar-refractivity contribution in [3.8, 4) is 45.4 Å². The Bertz CT molecular complexity index is 3140. The molecule has 3 aliphatic heterocycles. The van der Waals surface area contributed by atoms with Gasteiger partial charge in [-0.2, -0.15) is 0 Å². The summed E-state index contributed by atoms with van der Waals surface area (Å²) in [5, 5.41) is 47.5. The first-order valence-corrected chi connectivity index (χ1v) is 26.5. The maximum Gasteiger partial charge on any atom is 0.204 e. The summed E-state index contributed by atoms with van der Waals surface area (Å²) < 4.78 is 26.6. The summed E-state index contributed by atoms with van der Waals surface area (Å²) in [6, 6.07) is 35.4. The highest BCUT2D eigenvalue weighted by molar-refractivity contribution is 5.93. The molecule has 4 aliphatic rings. The number of phenolic OH excluding ortho intramolecular Hbond substituents is 1. The van der Waals surface area contributed by atoms with E-state index in [4.69, 9.17) is 18.6 Å². The van der Waals surface area contributed by atoms with Crippen LogP contribution in [0.15, 0.2) is 124 Å². The van der Waals surface area contributed by atoms with Crippen LogP contribution in [0, 0.1) is 5.92 Å². The number of hydrogen-bond donors (Lipinski definition) is 6. The van der Waals surface area contributed by atoms with Crippen molar-refractivity contribution in [2.45, 2.75) is 95.3 Å².